The molecule has 20 heavy (non-hydrogen) atoms. The Kier molecular flexibility index (Phi) is 4.18. The molecule has 0 unspecified atom stereocenters. The summed E-state index contributed by atoms with van der Waals surface area (Å²) in [5.74, 6) is -1.21. The molecule has 1 saturated carbocycles. The molecule has 6 heteroatoms. The van der Waals surface area contributed by atoms with Crippen molar-refractivity contribution in [3.8, 4) is 0 Å². The number of hydrogen-bond donors (Lipinski definition) is 3. The maximum atomic E-state index is 12.2. The summed E-state index contributed by atoms with van der Waals surface area (Å²) >= 11 is 5.82. The molecule has 0 aromatic heterocycles. The Hall–Kier alpha value is -1.75. The molecule has 0 bridgehead atoms. The van der Waals surface area contributed by atoms with Crippen molar-refractivity contribution in [3.05, 3.63) is 28.8 Å². The number of carbonyl (C=O) groups is 2. The molecule has 108 valence electrons. The Morgan fingerprint density at radius 1 is 1.35 bits per heavy atom. The van der Waals surface area contributed by atoms with Gasteiger partial charge in [0.05, 0.1) is 22.7 Å². The second-order valence-electron chi connectivity index (χ2n) is 5.25. The number of carboxylic acid groups (broad SMARTS) is 1. The molecular formula is C14H17ClN2O3. The summed E-state index contributed by atoms with van der Waals surface area (Å²) in [7, 11) is 0. The van der Waals surface area contributed by atoms with Crippen molar-refractivity contribution in [1.82, 2.24) is 5.32 Å². The molecule has 0 atom stereocenters. The molecule has 2 rings (SSSR count). The Morgan fingerprint density at radius 2 is 2.00 bits per heavy atom. The number of hydrogen-bond acceptors (Lipinski definition) is 3. The lowest BCUT2D eigenvalue weighted by molar-refractivity contribution is -0.138. The second kappa shape index (κ2) is 5.71. The van der Waals surface area contributed by atoms with Gasteiger partial charge in [-0.1, -0.05) is 24.4 Å². The van der Waals surface area contributed by atoms with E-state index >= 15 is 0 Å². The van der Waals surface area contributed by atoms with Crippen molar-refractivity contribution in [2.75, 3.05) is 5.73 Å². The van der Waals surface area contributed by atoms with Crippen LogP contribution < -0.4 is 11.1 Å². The number of nitrogens with two attached hydrogens (primary N) is 1. The van der Waals surface area contributed by atoms with Crippen LogP contribution in [0.3, 0.4) is 0 Å². The monoisotopic (exact) mass is 296 g/mol. The first-order valence-corrected chi connectivity index (χ1v) is 6.89. The zero-order chi connectivity index (χ0) is 14.8. The van der Waals surface area contributed by atoms with Crippen LogP contribution in [0.15, 0.2) is 18.2 Å². The van der Waals surface area contributed by atoms with Gasteiger partial charge in [-0.25, -0.2) is 0 Å². The smallest absolute Gasteiger partial charge is 0.305 e. The molecule has 1 aliphatic rings. The SMILES string of the molecule is Nc1cc(C(=O)NC2(CC(=O)O)CCCC2)ccc1Cl. The van der Waals surface area contributed by atoms with E-state index in [2.05, 4.69) is 5.32 Å². The first-order chi connectivity index (χ1) is 9.42. The van der Waals surface area contributed by atoms with E-state index in [0.717, 1.165) is 12.8 Å². The molecule has 4 N–H and O–H groups in total. The van der Waals surface area contributed by atoms with Gasteiger partial charge < -0.3 is 16.2 Å². The second-order valence-corrected chi connectivity index (χ2v) is 5.66. The predicted octanol–water partition coefficient (Wildman–Crippen LogP) is 2.44. The first-order valence-electron chi connectivity index (χ1n) is 6.51. The molecule has 0 saturated heterocycles. The molecule has 0 aliphatic heterocycles. The van der Waals surface area contributed by atoms with Gasteiger partial charge in [0.25, 0.3) is 5.91 Å². The van der Waals surface area contributed by atoms with Gasteiger partial charge in [0.15, 0.2) is 0 Å². The summed E-state index contributed by atoms with van der Waals surface area (Å²) in [6, 6.07) is 4.64. The van der Waals surface area contributed by atoms with Crippen molar-refractivity contribution in [2.45, 2.75) is 37.6 Å². The highest BCUT2D eigenvalue weighted by molar-refractivity contribution is 6.33. The van der Waals surface area contributed by atoms with Crippen LogP contribution >= 0.6 is 11.6 Å². The average Bonchev–Trinajstić information content (AvgIpc) is 2.79. The fraction of sp³-hybridized carbons (Fsp3) is 0.429. The van der Waals surface area contributed by atoms with E-state index in [1.165, 1.54) is 6.07 Å². The maximum absolute atomic E-state index is 12.2. The summed E-state index contributed by atoms with van der Waals surface area (Å²) in [5.41, 5.74) is 5.76. The minimum absolute atomic E-state index is 0.0538. The molecular weight excluding hydrogens is 280 g/mol. The van der Waals surface area contributed by atoms with Gasteiger partial charge in [-0.3, -0.25) is 9.59 Å². The Labute approximate surface area is 122 Å². The van der Waals surface area contributed by atoms with E-state index in [1.807, 2.05) is 0 Å². The Morgan fingerprint density at radius 3 is 2.55 bits per heavy atom. The highest BCUT2D eigenvalue weighted by Gasteiger charge is 2.37. The lowest BCUT2D eigenvalue weighted by atomic mass is 9.92. The number of halogens is 1. The predicted molar refractivity (Wildman–Crippen MR) is 76.8 cm³/mol. The molecule has 1 amide bonds. The van der Waals surface area contributed by atoms with E-state index in [0.29, 0.717) is 29.1 Å². The van der Waals surface area contributed by atoms with Crippen LogP contribution in [0.2, 0.25) is 5.02 Å². The minimum atomic E-state index is -0.900. The lowest BCUT2D eigenvalue weighted by Crippen LogP contribution is -2.47. The Bertz CT molecular complexity index is 539. The van der Waals surface area contributed by atoms with Crippen LogP contribution in [0.1, 0.15) is 42.5 Å². The number of nitrogen functional groups attached to an aromatic ring is 1. The fourth-order valence-corrected chi connectivity index (χ4v) is 2.80. The van der Waals surface area contributed by atoms with Gasteiger partial charge in [0.1, 0.15) is 0 Å². The fourth-order valence-electron chi connectivity index (χ4n) is 2.69. The van der Waals surface area contributed by atoms with E-state index in [1.54, 1.807) is 12.1 Å². The lowest BCUT2D eigenvalue weighted by Gasteiger charge is -2.28. The van der Waals surface area contributed by atoms with Gasteiger partial charge in [-0.05, 0) is 31.0 Å². The summed E-state index contributed by atoms with van der Waals surface area (Å²) in [6.07, 6.45) is 3.18. The third-order valence-electron chi connectivity index (χ3n) is 3.69. The van der Waals surface area contributed by atoms with Crippen LogP contribution in [-0.2, 0) is 4.79 Å². The molecule has 1 fully saturated rings. The third kappa shape index (κ3) is 3.22. The topological polar surface area (TPSA) is 92.4 Å². The van der Waals surface area contributed by atoms with Gasteiger partial charge in [-0.15, -0.1) is 0 Å². The normalized spacial score (nSPS) is 16.9. The zero-order valence-corrected chi connectivity index (χ0v) is 11.7. The number of anilines is 1. The van der Waals surface area contributed by atoms with Crippen LogP contribution in [0.5, 0.6) is 0 Å². The third-order valence-corrected chi connectivity index (χ3v) is 4.03. The van der Waals surface area contributed by atoms with E-state index < -0.39 is 11.5 Å². The van der Waals surface area contributed by atoms with Crippen molar-refractivity contribution in [2.24, 2.45) is 0 Å². The van der Waals surface area contributed by atoms with Crippen LogP contribution in [0.4, 0.5) is 5.69 Å². The highest BCUT2D eigenvalue weighted by atomic mass is 35.5. The van der Waals surface area contributed by atoms with Crippen molar-refractivity contribution in [1.29, 1.82) is 0 Å². The molecule has 1 aromatic carbocycles. The summed E-state index contributed by atoms with van der Waals surface area (Å²) < 4.78 is 0. The average molecular weight is 297 g/mol. The number of carboxylic acids is 1. The summed E-state index contributed by atoms with van der Waals surface area (Å²) in [6.45, 7) is 0. The Balaban J connectivity index is 2.16. The number of nitrogens with one attached hydrogen (secondary N) is 1. The van der Waals surface area contributed by atoms with Gasteiger partial charge in [0, 0.05) is 5.56 Å². The summed E-state index contributed by atoms with van der Waals surface area (Å²) in [4.78, 5) is 23.2. The summed E-state index contributed by atoms with van der Waals surface area (Å²) in [5, 5.41) is 12.3. The number of carbonyl (C=O) groups excluding carboxylic acids is 1. The van der Waals surface area contributed by atoms with E-state index in [-0.39, 0.29) is 12.3 Å². The van der Waals surface area contributed by atoms with Gasteiger partial charge in [0.2, 0.25) is 0 Å². The molecule has 5 nitrogen and oxygen atoms in total. The number of aliphatic carboxylic acids is 1. The molecule has 0 heterocycles. The minimum Gasteiger partial charge on any atom is -0.481 e. The number of rotatable bonds is 4. The molecule has 1 aliphatic carbocycles. The molecule has 1 aromatic rings. The van der Waals surface area contributed by atoms with E-state index in [9.17, 15) is 9.59 Å². The van der Waals surface area contributed by atoms with E-state index in [4.69, 9.17) is 22.4 Å². The zero-order valence-electron chi connectivity index (χ0n) is 11.0. The highest BCUT2D eigenvalue weighted by Crippen LogP contribution is 2.33. The van der Waals surface area contributed by atoms with Crippen LogP contribution in [0.25, 0.3) is 0 Å². The maximum Gasteiger partial charge on any atom is 0.305 e. The largest absolute Gasteiger partial charge is 0.481 e. The standard InChI is InChI=1S/C14H17ClN2O3/c15-10-4-3-9(7-11(10)16)13(20)17-14(8-12(18)19)5-1-2-6-14/h3-4,7H,1-2,5-6,8,16H2,(H,17,20)(H,18,19). The van der Waals surface area contributed by atoms with Crippen molar-refractivity contribution < 1.29 is 14.7 Å². The number of benzene rings is 1. The quantitative estimate of drug-likeness (QED) is 0.744. The van der Waals surface area contributed by atoms with Crippen molar-refractivity contribution >= 4 is 29.2 Å². The first kappa shape index (κ1) is 14.7. The van der Waals surface area contributed by atoms with Crippen LogP contribution in [0, 0.1) is 0 Å². The molecule has 0 radical (unpaired) electrons. The van der Waals surface area contributed by atoms with Crippen LogP contribution in [-0.4, -0.2) is 22.5 Å². The van der Waals surface area contributed by atoms with Crippen molar-refractivity contribution in [3.63, 3.8) is 0 Å². The number of amides is 1. The van der Waals surface area contributed by atoms with Gasteiger partial charge in [-0.2, -0.15) is 0 Å². The van der Waals surface area contributed by atoms with Gasteiger partial charge >= 0.3 is 5.97 Å². The molecule has 0 spiro atoms.